The summed E-state index contributed by atoms with van der Waals surface area (Å²) in [6.07, 6.45) is -0.211. The Balaban J connectivity index is 2.61. The largest absolute Gasteiger partial charge is 0.481 e. The van der Waals surface area contributed by atoms with Crippen molar-refractivity contribution >= 4 is 11.9 Å². The van der Waals surface area contributed by atoms with Gasteiger partial charge in [-0.1, -0.05) is 12.1 Å². The van der Waals surface area contributed by atoms with E-state index in [1.165, 1.54) is 17.0 Å². The number of nitrogens with zero attached hydrogens (tertiary/aromatic N) is 1. The highest BCUT2D eigenvalue weighted by Gasteiger charge is 2.13. The Bertz CT molecular complexity index is 434. The lowest BCUT2D eigenvalue weighted by atomic mass is 10.2. The lowest BCUT2D eigenvalue weighted by Gasteiger charge is -2.20. The van der Waals surface area contributed by atoms with Crippen molar-refractivity contribution in [1.29, 1.82) is 0 Å². The standard InChI is InChI=1S/C13H16FNO3/c1-2-15(12(16)6-7-13(17)18)9-10-4-3-5-11(14)8-10/h3-5,8H,2,6-7,9H2,1H3,(H,17,18). The van der Waals surface area contributed by atoms with Gasteiger partial charge >= 0.3 is 5.97 Å². The first-order chi connectivity index (χ1) is 8.52. The molecular formula is C13H16FNO3. The van der Waals surface area contributed by atoms with Crippen molar-refractivity contribution in [3.05, 3.63) is 35.6 Å². The number of amides is 1. The van der Waals surface area contributed by atoms with Gasteiger partial charge in [0.1, 0.15) is 5.82 Å². The molecule has 1 amide bonds. The number of carbonyl (C=O) groups is 2. The molecule has 0 heterocycles. The summed E-state index contributed by atoms with van der Waals surface area (Å²) >= 11 is 0. The summed E-state index contributed by atoms with van der Waals surface area (Å²) in [5.74, 6) is -1.57. The summed E-state index contributed by atoms with van der Waals surface area (Å²) < 4.78 is 13.0. The maximum atomic E-state index is 13.0. The maximum Gasteiger partial charge on any atom is 0.303 e. The molecule has 0 aromatic heterocycles. The number of aliphatic carboxylic acids is 1. The van der Waals surface area contributed by atoms with E-state index in [0.29, 0.717) is 18.7 Å². The van der Waals surface area contributed by atoms with Gasteiger partial charge in [0.15, 0.2) is 0 Å². The van der Waals surface area contributed by atoms with E-state index < -0.39 is 5.97 Å². The van der Waals surface area contributed by atoms with E-state index in [-0.39, 0.29) is 24.6 Å². The third-order valence-electron chi connectivity index (χ3n) is 2.55. The molecule has 0 unspecified atom stereocenters. The van der Waals surface area contributed by atoms with Crippen molar-refractivity contribution in [2.45, 2.75) is 26.3 Å². The molecule has 0 aliphatic rings. The van der Waals surface area contributed by atoms with Crippen LogP contribution in [0.15, 0.2) is 24.3 Å². The van der Waals surface area contributed by atoms with Crippen LogP contribution in [0, 0.1) is 5.82 Å². The van der Waals surface area contributed by atoms with Crippen molar-refractivity contribution < 1.29 is 19.1 Å². The quantitative estimate of drug-likeness (QED) is 0.844. The second kappa shape index (κ2) is 6.74. The third-order valence-corrected chi connectivity index (χ3v) is 2.55. The van der Waals surface area contributed by atoms with Crippen molar-refractivity contribution in [1.82, 2.24) is 4.90 Å². The Kier molecular flexibility index (Phi) is 5.30. The topological polar surface area (TPSA) is 57.6 Å². The van der Waals surface area contributed by atoms with E-state index in [2.05, 4.69) is 0 Å². The highest BCUT2D eigenvalue weighted by molar-refractivity contribution is 5.80. The van der Waals surface area contributed by atoms with Gasteiger partial charge in [-0.05, 0) is 24.6 Å². The van der Waals surface area contributed by atoms with Crippen molar-refractivity contribution in [3.63, 3.8) is 0 Å². The summed E-state index contributed by atoms with van der Waals surface area (Å²) in [6, 6.07) is 6.02. The Morgan fingerprint density at radius 1 is 1.33 bits per heavy atom. The summed E-state index contributed by atoms with van der Waals surface area (Å²) in [5, 5.41) is 8.52. The van der Waals surface area contributed by atoms with Crippen LogP contribution in [0.25, 0.3) is 0 Å². The number of rotatable bonds is 6. The van der Waals surface area contributed by atoms with Crippen LogP contribution in [-0.4, -0.2) is 28.4 Å². The Hall–Kier alpha value is -1.91. The van der Waals surface area contributed by atoms with Crippen molar-refractivity contribution in [2.75, 3.05) is 6.54 Å². The van der Waals surface area contributed by atoms with Crippen LogP contribution in [0.3, 0.4) is 0 Å². The Labute approximate surface area is 105 Å². The van der Waals surface area contributed by atoms with E-state index in [4.69, 9.17) is 5.11 Å². The molecule has 0 aliphatic heterocycles. The molecule has 0 atom stereocenters. The van der Waals surface area contributed by atoms with Gasteiger partial charge in [0.25, 0.3) is 0 Å². The monoisotopic (exact) mass is 253 g/mol. The Morgan fingerprint density at radius 2 is 2.06 bits per heavy atom. The molecule has 0 aliphatic carbocycles. The fourth-order valence-corrected chi connectivity index (χ4v) is 1.60. The molecule has 0 fully saturated rings. The number of hydrogen-bond acceptors (Lipinski definition) is 2. The van der Waals surface area contributed by atoms with Gasteiger partial charge in [0.05, 0.1) is 6.42 Å². The lowest BCUT2D eigenvalue weighted by molar-refractivity contribution is -0.141. The van der Waals surface area contributed by atoms with E-state index >= 15 is 0 Å². The second-order valence-corrected chi connectivity index (χ2v) is 3.93. The lowest BCUT2D eigenvalue weighted by Crippen LogP contribution is -2.30. The molecule has 1 aromatic rings. The van der Waals surface area contributed by atoms with Crippen LogP contribution in [-0.2, 0) is 16.1 Å². The number of hydrogen-bond donors (Lipinski definition) is 1. The van der Waals surface area contributed by atoms with Gasteiger partial charge in [-0.3, -0.25) is 9.59 Å². The average Bonchev–Trinajstić information content (AvgIpc) is 2.33. The highest BCUT2D eigenvalue weighted by Crippen LogP contribution is 2.09. The van der Waals surface area contributed by atoms with E-state index in [1.54, 1.807) is 19.1 Å². The summed E-state index contributed by atoms with van der Waals surface area (Å²) in [7, 11) is 0. The molecule has 1 rings (SSSR count). The summed E-state index contributed by atoms with van der Waals surface area (Å²) in [5.41, 5.74) is 0.695. The van der Waals surface area contributed by atoms with E-state index in [0.717, 1.165) is 0 Å². The smallest absolute Gasteiger partial charge is 0.303 e. The third kappa shape index (κ3) is 4.53. The van der Waals surface area contributed by atoms with Gasteiger partial charge in [0, 0.05) is 19.5 Å². The molecule has 0 saturated heterocycles. The zero-order chi connectivity index (χ0) is 13.5. The SMILES string of the molecule is CCN(Cc1cccc(F)c1)C(=O)CCC(=O)O. The van der Waals surface area contributed by atoms with Gasteiger partial charge in [-0.15, -0.1) is 0 Å². The van der Waals surface area contributed by atoms with Crippen LogP contribution in [0.2, 0.25) is 0 Å². The van der Waals surface area contributed by atoms with Crippen LogP contribution in [0.4, 0.5) is 4.39 Å². The fraction of sp³-hybridized carbons (Fsp3) is 0.385. The molecular weight excluding hydrogens is 237 g/mol. The molecule has 0 saturated carbocycles. The molecule has 1 aromatic carbocycles. The number of carboxylic acids is 1. The number of carbonyl (C=O) groups excluding carboxylic acids is 1. The molecule has 0 bridgehead atoms. The first-order valence-corrected chi connectivity index (χ1v) is 5.77. The fourth-order valence-electron chi connectivity index (χ4n) is 1.60. The summed E-state index contributed by atoms with van der Waals surface area (Å²) in [6.45, 7) is 2.57. The van der Waals surface area contributed by atoms with Gasteiger partial charge in [-0.2, -0.15) is 0 Å². The first kappa shape index (κ1) is 14.2. The van der Waals surface area contributed by atoms with E-state index in [9.17, 15) is 14.0 Å². The molecule has 5 heteroatoms. The Morgan fingerprint density at radius 3 is 2.61 bits per heavy atom. The van der Waals surface area contributed by atoms with Crippen LogP contribution in [0.5, 0.6) is 0 Å². The zero-order valence-electron chi connectivity index (χ0n) is 10.2. The normalized spacial score (nSPS) is 10.1. The van der Waals surface area contributed by atoms with Crippen LogP contribution >= 0.6 is 0 Å². The average molecular weight is 253 g/mol. The maximum absolute atomic E-state index is 13.0. The number of carboxylic acid groups (broad SMARTS) is 1. The van der Waals surface area contributed by atoms with Crippen molar-refractivity contribution in [3.8, 4) is 0 Å². The van der Waals surface area contributed by atoms with E-state index in [1.807, 2.05) is 0 Å². The molecule has 0 spiro atoms. The van der Waals surface area contributed by atoms with Gasteiger partial charge in [-0.25, -0.2) is 4.39 Å². The highest BCUT2D eigenvalue weighted by atomic mass is 19.1. The molecule has 98 valence electrons. The zero-order valence-corrected chi connectivity index (χ0v) is 10.2. The number of benzene rings is 1. The number of halogens is 1. The van der Waals surface area contributed by atoms with Crippen LogP contribution < -0.4 is 0 Å². The van der Waals surface area contributed by atoms with Gasteiger partial charge < -0.3 is 10.0 Å². The van der Waals surface area contributed by atoms with Crippen molar-refractivity contribution in [2.24, 2.45) is 0 Å². The molecule has 18 heavy (non-hydrogen) atoms. The predicted molar refractivity (Wildman–Crippen MR) is 64.4 cm³/mol. The molecule has 4 nitrogen and oxygen atoms in total. The molecule has 0 radical (unpaired) electrons. The minimum absolute atomic E-state index is 0.0293. The predicted octanol–water partition coefficient (Wildman–Crippen LogP) is 2.04. The van der Waals surface area contributed by atoms with Crippen LogP contribution in [0.1, 0.15) is 25.3 Å². The van der Waals surface area contributed by atoms with Gasteiger partial charge in [0.2, 0.25) is 5.91 Å². The summed E-state index contributed by atoms with van der Waals surface area (Å²) in [4.78, 5) is 23.6. The second-order valence-electron chi connectivity index (χ2n) is 3.93. The minimum Gasteiger partial charge on any atom is -0.481 e. The minimum atomic E-state index is -0.995. The molecule has 1 N–H and O–H groups in total. The first-order valence-electron chi connectivity index (χ1n) is 5.77.